The standard InChI is InChI=1S/C17H14F3NO2/c1-11-6-8-13(10-14(11)18)21-16(22)9-7-12-4-2-3-5-15(12)23-17(19)20/h2-10,17H,1H3,(H,21,22)/b9-7+. The molecule has 0 aliphatic rings. The van der Waals surface area contributed by atoms with Crippen LogP contribution in [0, 0.1) is 12.7 Å². The number of anilines is 1. The second-order valence-corrected chi connectivity index (χ2v) is 4.70. The SMILES string of the molecule is Cc1ccc(NC(=O)/C=C/c2ccccc2OC(F)F)cc1F. The molecule has 6 heteroatoms. The van der Waals surface area contributed by atoms with E-state index in [2.05, 4.69) is 10.1 Å². The Balaban J connectivity index is 2.07. The predicted molar refractivity (Wildman–Crippen MR) is 81.9 cm³/mol. The van der Waals surface area contributed by atoms with Gasteiger partial charge in [-0.15, -0.1) is 0 Å². The molecule has 3 nitrogen and oxygen atoms in total. The summed E-state index contributed by atoms with van der Waals surface area (Å²) in [5, 5.41) is 2.49. The van der Waals surface area contributed by atoms with Gasteiger partial charge in [0, 0.05) is 17.3 Å². The maximum absolute atomic E-state index is 13.4. The largest absolute Gasteiger partial charge is 0.434 e. The van der Waals surface area contributed by atoms with E-state index in [0.29, 0.717) is 16.8 Å². The van der Waals surface area contributed by atoms with Crippen LogP contribution in [0.1, 0.15) is 11.1 Å². The molecule has 2 aromatic rings. The van der Waals surface area contributed by atoms with E-state index in [-0.39, 0.29) is 5.75 Å². The van der Waals surface area contributed by atoms with Gasteiger partial charge in [0.15, 0.2) is 0 Å². The van der Waals surface area contributed by atoms with E-state index in [1.54, 1.807) is 31.2 Å². The third-order valence-corrected chi connectivity index (χ3v) is 2.99. The van der Waals surface area contributed by atoms with Crippen molar-refractivity contribution >= 4 is 17.7 Å². The third-order valence-electron chi connectivity index (χ3n) is 2.99. The van der Waals surface area contributed by atoms with Crippen molar-refractivity contribution < 1.29 is 22.7 Å². The molecule has 1 amide bonds. The molecular weight excluding hydrogens is 307 g/mol. The average Bonchev–Trinajstić information content (AvgIpc) is 2.49. The summed E-state index contributed by atoms with van der Waals surface area (Å²) in [6.07, 6.45) is 2.50. The normalized spacial score (nSPS) is 11.0. The van der Waals surface area contributed by atoms with Crippen molar-refractivity contribution in [3.63, 3.8) is 0 Å². The van der Waals surface area contributed by atoms with Crippen LogP contribution in [0.3, 0.4) is 0 Å². The number of halogens is 3. The molecule has 0 atom stereocenters. The molecule has 0 bridgehead atoms. The summed E-state index contributed by atoms with van der Waals surface area (Å²) in [5.41, 5.74) is 1.11. The summed E-state index contributed by atoms with van der Waals surface area (Å²) in [5.74, 6) is -0.976. The van der Waals surface area contributed by atoms with Crippen LogP contribution < -0.4 is 10.1 Å². The smallest absolute Gasteiger partial charge is 0.387 e. The number of amides is 1. The molecule has 0 saturated heterocycles. The number of hydrogen-bond acceptors (Lipinski definition) is 2. The minimum atomic E-state index is -2.95. The number of carbonyl (C=O) groups is 1. The van der Waals surface area contributed by atoms with E-state index in [4.69, 9.17) is 0 Å². The first-order valence-corrected chi connectivity index (χ1v) is 6.75. The summed E-state index contributed by atoms with van der Waals surface area (Å²) >= 11 is 0. The Morgan fingerprint density at radius 3 is 2.65 bits per heavy atom. The van der Waals surface area contributed by atoms with Crippen LogP contribution in [0.5, 0.6) is 5.75 Å². The highest BCUT2D eigenvalue weighted by atomic mass is 19.3. The van der Waals surface area contributed by atoms with Crippen LogP contribution in [0.4, 0.5) is 18.9 Å². The van der Waals surface area contributed by atoms with Crippen molar-refractivity contribution in [1.82, 2.24) is 0 Å². The zero-order chi connectivity index (χ0) is 16.8. The van der Waals surface area contributed by atoms with Crippen molar-refractivity contribution in [2.45, 2.75) is 13.5 Å². The molecule has 0 heterocycles. The molecule has 0 aliphatic heterocycles. The van der Waals surface area contributed by atoms with Gasteiger partial charge in [0.1, 0.15) is 11.6 Å². The van der Waals surface area contributed by atoms with Crippen molar-refractivity contribution in [2.75, 3.05) is 5.32 Å². The van der Waals surface area contributed by atoms with Crippen LogP contribution in [-0.2, 0) is 4.79 Å². The quantitative estimate of drug-likeness (QED) is 0.830. The molecule has 120 valence electrons. The highest BCUT2D eigenvalue weighted by Crippen LogP contribution is 2.21. The Kier molecular flexibility index (Phi) is 5.41. The van der Waals surface area contributed by atoms with Gasteiger partial charge in [-0.05, 0) is 36.8 Å². The Morgan fingerprint density at radius 2 is 1.96 bits per heavy atom. The van der Waals surface area contributed by atoms with Crippen molar-refractivity contribution in [3.05, 3.63) is 65.5 Å². The summed E-state index contributed by atoms with van der Waals surface area (Å²) in [6.45, 7) is -1.34. The molecule has 0 saturated carbocycles. The summed E-state index contributed by atoms with van der Waals surface area (Å²) in [6, 6.07) is 10.4. The molecule has 0 aromatic heterocycles. The lowest BCUT2D eigenvalue weighted by molar-refractivity contribution is -0.111. The second-order valence-electron chi connectivity index (χ2n) is 4.70. The number of carbonyl (C=O) groups excluding carboxylic acids is 1. The fourth-order valence-electron chi connectivity index (χ4n) is 1.84. The van der Waals surface area contributed by atoms with E-state index < -0.39 is 18.3 Å². The number of hydrogen-bond donors (Lipinski definition) is 1. The molecule has 0 radical (unpaired) electrons. The number of nitrogens with one attached hydrogen (secondary N) is 1. The molecular formula is C17H14F3NO2. The predicted octanol–water partition coefficient (Wildman–Crippen LogP) is 4.39. The topological polar surface area (TPSA) is 38.3 Å². The second kappa shape index (κ2) is 7.49. The van der Waals surface area contributed by atoms with Crippen molar-refractivity contribution in [2.24, 2.45) is 0 Å². The van der Waals surface area contributed by atoms with Crippen LogP contribution in [-0.4, -0.2) is 12.5 Å². The van der Waals surface area contributed by atoms with Crippen molar-refractivity contribution in [1.29, 1.82) is 0 Å². The minimum Gasteiger partial charge on any atom is -0.434 e. The Morgan fingerprint density at radius 1 is 1.22 bits per heavy atom. The highest BCUT2D eigenvalue weighted by Gasteiger charge is 2.07. The molecule has 1 N–H and O–H groups in total. The van der Waals surface area contributed by atoms with Crippen molar-refractivity contribution in [3.8, 4) is 5.75 Å². The Bertz CT molecular complexity index is 730. The van der Waals surface area contributed by atoms with Gasteiger partial charge in [0.05, 0.1) is 0 Å². The molecule has 0 aliphatic carbocycles. The van der Waals surface area contributed by atoms with Gasteiger partial charge in [-0.1, -0.05) is 24.3 Å². The monoisotopic (exact) mass is 321 g/mol. The zero-order valence-corrected chi connectivity index (χ0v) is 12.2. The van der Waals surface area contributed by atoms with Gasteiger partial charge in [-0.25, -0.2) is 4.39 Å². The molecule has 0 unspecified atom stereocenters. The van der Waals surface area contributed by atoms with Gasteiger partial charge in [-0.2, -0.15) is 8.78 Å². The number of rotatable bonds is 5. The summed E-state index contributed by atoms with van der Waals surface area (Å²) in [7, 11) is 0. The van der Waals surface area contributed by atoms with Gasteiger partial charge < -0.3 is 10.1 Å². The molecule has 2 rings (SSSR count). The number of alkyl halides is 2. The zero-order valence-electron chi connectivity index (χ0n) is 12.2. The molecule has 23 heavy (non-hydrogen) atoms. The van der Waals surface area contributed by atoms with Crippen LogP contribution >= 0.6 is 0 Å². The van der Waals surface area contributed by atoms with E-state index in [1.807, 2.05) is 0 Å². The molecule has 0 spiro atoms. The van der Waals surface area contributed by atoms with Gasteiger partial charge in [0.25, 0.3) is 0 Å². The van der Waals surface area contributed by atoms with Crippen LogP contribution in [0.15, 0.2) is 48.5 Å². The lowest BCUT2D eigenvalue weighted by atomic mass is 10.2. The van der Waals surface area contributed by atoms with E-state index in [0.717, 1.165) is 6.08 Å². The molecule has 0 fully saturated rings. The summed E-state index contributed by atoms with van der Waals surface area (Å²) < 4.78 is 42.3. The lowest BCUT2D eigenvalue weighted by Gasteiger charge is -2.07. The Hall–Kier alpha value is -2.76. The van der Waals surface area contributed by atoms with E-state index in [9.17, 15) is 18.0 Å². The summed E-state index contributed by atoms with van der Waals surface area (Å²) in [4.78, 5) is 11.8. The van der Waals surface area contributed by atoms with Crippen LogP contribution in [0.2, 0.25) is 0 Å². The van der Waals surface area contributed by atoms with Crippen LogP contribution in [0.25, 0.3) is 6.08 Å². The maximum Gasteiger partial charge on any atom is 0.387 e. The number of benzene rings is 2. The first-order chi connectivity index (χ1) is 11.0. The first kappa shape index (κ1) is 16.6. The fraction of sp³-hybridized carbons (Fsp3) is 0.118. The highest BCUT2D eigenvalue weighted by molar-refractivity contribution is 6.02. The Labute approximate surface area is 131 Å². The van der Waals surface area contributed by atoms with Gasteiger partial charge in [-0.3, -0.25) is 4.79 Å². The minimum absolute atomic E-state index is 0.0343. The van der Waals surface area contributed by atoms with Gasteiger partial charge >= 0.3 is 6.61 Å². The van der Waals surface area contributed by atoms with Gasteiger partial charge in [0.2, 0.25) is 5.91 Å². The number of ether oxygens (including phenoxy) is 1. The average molecular weight is 321 g/mol. The number of aryl methyl sites for hydroxylation is 1. The molecule has 2 aromatic carbocycles. The number of para-hydroxylation sites is 1. The fourth-order valence-corrected chi connectivity index (χ4v) is 1.84. The third kappa shape index (κ3) is 4.88. The van der Waals surface area contributed by atoms with E-state index in [1.165, 1.54) is 24.3 Å². The maximum atomic E-state index is 13.4. The van der Waals surface area contributed by atoms with E-state index >= 15 is 0 Å². The first-order valence-electron chi connectivity index (χ1n) is 6.75. The lowest BCUT2D eigenvalue weighted by Crippen LogP contribution is -2.08.